The molecule has 0 bridgehead atoms. The third-order valence-electron chi connectivity index (χ3n) is 3.19. The van der Waals surface area contributed by atoms with Gasteiger partial charge in [0.25, 0.3) is 0 Å². The Morgan fingerprint density at radius 2 is 2.20 bits per heavy atom. The fraction of sp³-hybridized carbons (Fsp3) is 0.692. The molecule has 0 aliphatic rings. The molecular formula is C13H24BrN5O. The predicted molar refractivity (Wildman–Crippen MR) is 84.0 cm³/mol. The summed E-state index contributed by atoms with van der Waals surface area (Å²) in [7, 11) is 3.65. The molecule has 0 aliphatic carbocycles. The molecule has 0 aromatic carbocycles. The zero-order valence-electron chi connectivity index (χ0n) is 12.4. The van der Waals surface area contributed by atoms with E-state index in [1.54, 1.807) is 7.11 Å². The second-order valence-corrected chi connectivity index (χ2v) is 5.52. The monoisotopic (exact) mass is 345 g/mol. The van der Waals surface area contributed by atoms with E-state index in [2.05, 4.69) is 32.9 Å². The van der Waals surface area contributed by atoms with Crippen LogP contribution in [0.5, 0.6) is 0 Å². The molecule has 0 fully saturated rings. The first kappa shape index (κ1) is 17.1. The minimum absolute atomic E-state index is 0.214. The van der Waals surface area contributed by atoms with Crippen molar-refractivity contribution in [3.63, 3.8) is 0 Å². The van der Waals surface area contributed by atoms with E-state index in [1.165, 1.54) is 0 Å². The second-order valence-electron chi connectivity index (χ2n) is 4.73. The van der Waals surface area contributed by atoms with Crippen molar-refractivity contribution in [3.05, 3.63) is 15.9 Å². The van der Waals surface area contributed by atoms with E-state index in [0.717, 1.165) is 41.9 Å². The first-order valence-electron chi connectivity index (χ1n) is 6.74. The number of amidine groups is 1. The molecule has 114 valence electrons. The summed E-state index contributed by atoms with van der Waals surface area (Å²) in [6, 6.07) is 0. The van der Waals surface area contributed by atoms with Gasteiger partial charge in [0.05, 0.1) is 28.3 Å². The minimum Gasteiger partial charge on any atom is -0.388 e. The van der Waals surface area contributed by atoms with Gasteiger partial charge >= 0.3 is 0 Å². The van der Waals surface area contributed by atoms with E-state index < -0.39 is 0 Å². The van der Waals surface area contributed by atoms with E-state index in [-0.39, 0.29) is 5.84 Å². The van der Waals surface area contributed by atoms with Crippen molar-refractivity contribution in [2.45, 2.75) is 26.3 Å². The Bertz CT molecular complexity index is 446. The highest BCUT2D eigenvalue weighted by molar-refractivity contribution is 9.10. The van der Waals surface area contributed by atoms with Gasteiger partial charge in [-0.25, -0.2) is 0 Å². The highest BCUT2D eigenvalue weighted by atomic mass is 79.9. The van der Waals surface area contributed by atoms with Crippen molar-refractivity contribution in [1.29, 1.82) is 5.41 Å². The molecule has 1 heterocycles. The van der Waals surface area contributed by atoms with Gasteiger partial charge in [-0.3, -0.25) is 15.0 Å². The van der Waals surface area contributed by atoms with Crippen LogP contribution in [0.3, 0.4) is 0 Å². The maximum Gasteiger partial charge on any atom is 0.0918 e. The number of methoxy groups -OCH3 is 1. The van der Waals surface area contributed by atoms with Crippen LogP contribution in [-0.4, -0.2) is 47.3 Å². The summed E-state index contributed by atoms with van der Waals surface area (Å²) in [6.45, 7) is 5.07. The minimum atomic E-state index is 0.214. The topological polar surface area (TPSA) is 80.2 Å². The molecule has 20 heavy (non-hydrogen) atoms. The van der Waals surface area contributed by atoms with E-state index >= 15 is 0 Å². The fourth-order valence-corrected chi connectivity index (χ4v) is 2.71. The smallest absolute Gasteiger partial charge is 0.0918 e. The molecule has 0 spiro atoms. The lowest BCUT2D eigenvalue weighted by molar-refractivity contribution is 0.144. The van der Waals surface area contributed by atoms with E-state index in [9.17, 15) is 0 Å². The summed E-state index contributed by atoms with van der Waals surface area (Å²) in [5.74, 6) is 0.214. The maximum absolute atomic E-state index is 7.36. The summed E-state index contributed by atoms with van der Waals surface area (Å²) >= 11 is 3.63. The average molecular weight is 346 g/mol. The number of hydrogen-bond donors (Lipinski definition) is 2. The van der Waals surface area contributed by atoms with Crippen LogP contribution in [0.25, 0.3) is 0 Å². The number of nitrogens with zero attached hydrogens (tertiary/aromatic N) is 3. The molecular weight excluding hydrogens is 322 g/mol. The van der Waals surface area contributed by atoms with Gasteiger partial charge in [-0.15, -0.1) is 0 Å². The molecule has 0 aliphatic heterocycles. The van der Waals surface area contributed by atoms with E-state index in [1.807, 2.05) is 11.7 Å². The van der Waals surface area contributed by atoms with Gasteiger partial charge in [0, 0.05) is 40.2 Å². The Hall–Kier alpha value is -0.920. The lowest BCUT2D eigenvalue weighted by Gasteiger charge is -2.22. The third kappa shape index (κ3) is 4.88. The van der Waals surface area contributed by atoms with Gasteiger partial charge in [-0.2, -0.15) is 5.10 Å². The molecule has 0 unspecified atom stereocenters. The van der Waals surface area contributed by atoms with E-state index in [0.29, 0.717) is 13.0 Å². The van der Waals surface area contributed by atoms with Crippen LogP contribution >= 0.6 is 15.9 Å². The Kier molecular flexibility index (Phi) is 7.18. The molecule has 1 aromatic rings. The highest BCUT2D eigenvalue weighted by Gasteiger charge is 2.16. The molecule has 0 saturated heterocycles. The van der Waals surface area contributed by atoms with Crippen LogP contribution in [0.2, 0.25) is 0 Å². The zero-order chi connectivity index (χ0) is 15.1. The summed E-state index contributed by atoms with van der Waals surface area (Å²) in [5, 5.41) is 11.9. The second kappa shape index (κ2) is 8.39. The molecule has 0 radical (unpaired) electrons. The van der Waals surface area contributed by atoms with Gasteiger partial charge in [-0.1, -0.05) is 6.92 Å². The summed E-state index contributed by atoms with van der Waals surface area (Å²) in [6.07, 6.45) is 1.47. The number of halogens is 1. The number of nitrogens with two attached hydrogens (primary N) is 1. The van der Waals surface area contributed by atoms with Crippen LogP contribution in [0.1, 0.15) is 24.7 Å². The van der Waals surface area contributed by atoms with Gasteiger partial charge in [-0.05, 0) is 22.4 Å². The predicted octanol–water partition coefficient (Wildman–Crippen LogP) is 1.52. The van der Waals surface area contributed by atoms with Crippen LogP contribution in [0.15, 0.2) is 4.47 Å². The molecule has 7 heteroatoms. The summed E-state index contributed by atoms with van der Waals surface area (Å²) in [4.78, 5) is 2.23. The number of ether oxygens (including phenoxy) is 1. The zero-order valence-corrected chi connectivity index (χ0v) is 14.0. The Balaban J connectivity index is 2.77. The lowest BCUT2D eigenvalue weighted by atomic mass is 10.2. The van der Waals surface area contributed by atoms with Crippen LogP contribution in [0, 0.1) is 5.41 Å². The standard InChI is InChI=1S/C13H24BrN5O/c1-4-10-13(14)11(18(2)17-10)9-19(7-8-20-3)6-5-12(15)16/h4-9H2,1-3H3,(H3,15,16). The lowest BCUT2D eigenvalue weighted by Crippen LogP contribution is -2.31. The number of aryl methyl sites for hydroxylation is 2. The molecule has 3 N–H and O–H groups in total. The number of hydrogen-bond acceptors (Lipinski definition) is 4. The number of rotatable bonds is 9. The van der Waals surface area contributed by atoms with Gasteiger partial charge < -0.3 is 10.5 Å². The van der Waals surface area contributed by atoms with Crippen molar-refractivity contribution < 1.29 is 4.74 Å². The van der Waals surface area contributed by atoms with Gasteiger partial charge in [0.1, 0.15) is 0 Å². The number of aromatic nitrogens is 2. The van der Waals surface area contributed by atoms with Crippen molar-refractivity contribution in [2.75, 3.05) is 26.8 Å². The fourth-order valence-electron chi connectivity index (χ4n) is 1.97. The Morgan fingerprint density at radius 1 is 1.50 bits per heavy atom. The highest BCUT2D eigenvalue weighted by Crippen LogP contribution is 2.22. The van der Waals surface area contributed by atoms with Gasteiger partial charge in [0.15, 0.2) is 0 Å². The van der Waals surface area contributed by atoms with Crippen LogP contribution in [0.4, 0.5) is 0 Å². The molecule has 0 atom stereocenters. The molecule has 1 aromatic heterocycles. The quantitative estimate of drug-likeness (QED) is 0.525. The Morgan fingerprint density at radius 3 is 2.70 bits per heavy atom. The maximum atomic E-state index is 7.36. The SMILES string of the molecule is CCc1nn(C)c(CN(CCOC)CCC(=N)N)c1Br. The van der Waals surface area contributed by atoms with Crippen molar-refractivity contribution in [1.82, 2.24) is 14.7 Å². The van der Waals surface area contributed by atoms with Crippen molar-refractivity contribution >= 4 is 21.8 Å². The average Bonchev–Trinajstić information content (AvgIpc) is 2.68. The molecule has 0 amide bonds. The van der Waals surface area contributed by atoms with Crippen LogP contribution in [-0.2, 0) is 24.8 Å². The van der Waals surface area contributed by atoms with E-state index in [4.69, 9.17) is 15.9 Å². The summed E-state index contributed by atoms with van der Waals surface area (Å²) in [5.41, 5.74) is 7.66. The van der Waals surface area contributed by atoms with Gasteiger partial charge in [0.2, 0.25) is 0 Å². The first-order valence-corrected chi connectivity index (χ1v) is 7.53. The van der Waals surface area contributed by atoms with Crippen molar-refractivity contribution in [3.8, 4) is 0 Å². The largest absolute Gasteiger partial charge is 0.388 e. The normalized spacial score (nSPS) is 11.2. The number of nitrogens with one attached hydrogen (secondary N) is 1. The van der Waals surface area contributed by atoms with Crippen LogP contribution < -0.4 is 5.73 Å². The summed E-state index contributed by atoms with van der Waals surface area (Å²) < 4.78 is 8.13. The molecule has 1 rings (SSSR count). The third-order valence-corrected chi connectivity index (χ3v) is 4.10. The molecule has 6 nitrogen and oxygen atoms in total. The molecule has 0 saturated carbocycles. The first-order chi connectivity index (χ1) is 9.49. The van der Waals surface area contributed by atoms with Crippen molar-refractivity contribution in [2.24, 2.45) is 12.8 Å². The Labute approximate surface area is 128 Å².